The van der Waals surface area contributed by atoms with Crippen LogP contribution in [0.15, 0.2) is 18.2 Å². The summed E-state index contributed by atoms with van der Waals surface area (Å²) < 4.78 is 12.6. The minimum atomic E-state index is -0.261. The van der Waals surface area contributed by atoms with Crippen molar-refractivity contribution in [2.45, 2.75) is 13.5 Å². The summed E-state index contributed by atoms with van der Waals surface area (Å²) in [5.74, 6) is -0.261. The van der Waals surface area contributed by atoms with Crippen LogP contribution in [0.5, 0.6) is 0 Å². The number of aryl methyl sites for hydroxylation is 1. The fraction of sp³-hybridized carbons (Fsp3) is 0.222. The summed E-state index contributed by atoms with van der Waals surface area (Å²) in [7, 11) is 0. The highest BCUT2D eigenvalue weighted by atomic mass is 19.1. The number of hydrogen-bond acceptors (Lipinski definition) is 0. The van der Waals surface area contributed by atoms with Crippen molar-refractivity contribution in [1.29, 1.82) is 0 Å². The van der Waals surface area contributed by atoms with E-state index in [9.17, 15) is 4.39 Å². The third-order valence-corrected chi connectivity index (χ3v) is 1.36. The van der Waals surface area contributed by atoms with Gasteiger partial charge in [-0.1, -0.05) is 0 Å². The minimum Gasteiger partial charge on any atom is -0.312 e. The normalized spacial score (nSPS) is 9.18. The molecule has 0 amide bonds. The van der Waals surface area contributed by atoms with Crippen LogP contribution in [0.3, 0.4) is 0 Å². The summed E-state index contributed by atoms with van der Waals surface area (Å²) in [6, 6.07) is 4.67. The highest BCUT2D eigenvalue weighted by Gasteiger charge is 1.98. The molecule has 0 aromatic heterocycles. The van der Waals surface area contributed by atoms with Crippen molar-refractivity contribution < 1.29 is 4.39 Å². The van der Waals surface area contributed by atoms with Crippen LogP contribution in [-0.4, -0.2) is 0 Å². The first-order valence-corrected chi connectivity index (χ1v) is 3.31. The standard InChI is InChI=1S/C9H8FN/c1-7-3-8(6-11-2)5-9(10)4-7/h3-5H,6H2,1H3. The van der Waals surface area contributed by atoms with E-state index in [4.69, 9.17) is 6.57 Å². The van der Waals surface area contributed by atoms with E-state index in [1.807, 2.05) is 13.0 Å². The molecule has 1 aromatic carbocycles. The SMILES string of the molecule is [C-]#[N+]Cc1cc(C)cc(F)c1. The van der Waals surface area contributed by atoms with Gasteiger partial charge in [0.15, 0.2) is 0 Å². The molecule has 2 heteroatoms. The van der Waals surface area contributed by atoms with Crippen LogP contribution < -0.4 is 0 Å². The van der Waals surface area contributed by atoms with Crippen molar-refractivity contribution in [1.82, 2.24) is 0 Å². The van der Waals surface area contributed by atoms with Crippen LogP contribution >= 0.6 is 0 Å². The summed E-state index contributed by atoms with van der Waals surface area (Å²) >= 11 is 0. The fourth-order valence-electron chi connectivity index (χ4n) is 0.995. The fourth-order valence-corrected chi connectivity index (χ4v) is 0.995. The Labute approximate surface area is 65.3 Å². The van der Waals surface area contributed by atoms with Crippen LogP contribution in [0.25, 0.3) is 4.85 Å². The first-order valence-electron chi connectivity index (χ1n) is 3.31. The lowest BCUT2D eigenvalue weighted by Crippen LogP contribution is -1.84. The Bertz CT molecular complexity index is 279. The van der Waals surface area contributed by atoms with Crippen molar-refractivity contribution in [2.75, 3.05) is 0 Å². The van der Waals surface area contributed by atoms with Gasteiger partial charge >= 0.3 is 0 Å². The molecule has 0 bridgehead atoms. The van der Waals surface area contributed by atoms with Crippen LogP contribution in [0.2, 0.25) is 0 Å². The molecule has 1 nitrogen and oxygen atoms in total. The van der Waals surface area contributed by atoms with Gasteiger partial charge in [0, 0.05) is 5.56 Å². The zero-order valence-electron chi connectivity index (χ0n) is 6.26. The highest BCUT2D eigenvalue weighted by Crippen LogP contribution is 2.08. The summed E-state index contributed by atoms with van der Waals surface area (Å²) in [4.78, 5) is 3.17. The zero-order chi connectivity index (χ0) is 8.27. The molecule has 0 aliphatic heterocycles. The molecule has 0 aliphatic carbocycles. The van der Waals surface area contributed by atoms with E-state index in [0.717, 1.165) is 11.1 Å². The largest absolute Gasteiger partial charge is 0.312 e. The third kappa shape index (κ3) is 2.05. The molecule has 56 valence electrons. The van der Waals surface area contributed by atoms with Crippen LogP contribution in [0.4, 0.5) is 4.39 Å². The van der Waals surface area contributed by atoms with Crippen molar-refractivity contribution in [3.05, 3.63) is 46.6 Å². The van der Waals surface area contributed by atoms with Crippen molar-refractivity contribution >= 4 is 0 Å². The smallest absolute Gasteiger partial charge is 0.239 e. The molecule has 0 atom stereocenters. The average Bonchev–Trinajstić information content (AvgIpc) is 1.85. The van der Waals surface area contributed by atoms with Gasteiger partial charge in [-0.2, -0.15) is 0 Å². The quantitative estimate of drug-likeness (QED) is 0.540. The lowest BCUT2D eigenvalue weighted by atomic mass is 10.1. The van der Waals surface area contributed by atoms with Gasteiger partial charge in [0.2, 0.25) is 6.54 Å². The number of rotatable bonds is 1. The molecule has 0 unspecified atom stereocenters. The maximum absolute atomic E-state index is 12.6. The zero-order valence-corrected chi connectivity index (χ0v) is 6.26. The van der Waals surface area contributed by atoms with E-state index in [2.05, 4.69) is 4.85 Å². The van der Waals surface area contributed by atoms with Gasteiger partial charge in [-0.15, -0.1) is 0 Å². The van der Waals surface area contributed by atoms with Crippen molar-refractivity contribution in [3.63, 3.8) is 0 Å². The first-order chi connectivity index (χ1) is 5.22. The van der Waals surface area contributed by atoms with Gasteiger partial charge in [0.05, 0.1) is 0 Å². The Morgan fingerprint density at radius 3 is 2.73 bits per heavy atom. The van der Waals surface area contributed by atoms with Crippen LogP contribution in [0, 0.1) is 19.3 Å². The Kier molecular flexibility index (Phi) is 2.22. The number of hydrogen-bond donors (Lipinski definition) is 0. The summed E-state index contributed by atoms with van der Waals surface area (Å²) in [5.41, 5.74) is 1.61. The lowest BCUT2D eigenvalue weighted by molar-refractivity contribution is 0.625. The molecule has 0 radical (unpaired) electrons. The third-order valence-electron chi connectivity index (χ3n) is 1.36. The molecule has 0 N–H and O–H groups in total. The highest BCUT2D eigenvalue weighted by molar-refractivity contribution is 5.24. The second kappa shape index (κ2) is 3.16. The Balaban J connectivity index is 3.01. The van der Waals surface area contributed by atoms with Crippen LogP contribution in [-0.2, 0) is 6.54 Å². The molecule has 0 heterocycles. The first kappa shape index (κ1) is 7.74. The van der Waals surface area contributed by atoms with E-state index in [0.29, 0.717) is 0 Å². The Morgan fingerprint density at radius 2 is 2.18 bits per heavy atom. The molecular formula is C9H8FN. The molecule has 0 fully saturated rings. The summed E-state index contributed by atoms with van der Waals surface area (Å²) in [6.45, 7) is 8.66. The maximum Gasteiger partial charge on any atom is 0.239 e. The van der Waals surface area contributed by atoms with E-state index < -0.39 is 0 Å². The van der Waals surface area contributed by atoms with E-state index in [-0.39, 0.29) is 12.4 Å². The summed E-state index contributed by atoms with van der Waals surface area (Å²) in [5, 5.41) is 0. The Hall–Kier alpha value is -1.36. The minimum absolute atomic E-state index is 0.261. The molecule has 0 saturated heterocycles. The maximum atomic E-state index is 12.6. The molecule has 1 rings (SSSR count). The summed E-state index contributed by atoms with van der Waals surface area (Å²) in [6.07, 6.45) is 0. The predicted molar refractivity (Wildman–Crippen MR) is 41.4 cm³/mol. The van der Waals surface area contributed by atoms with Crippen LogP contribution in [0.1, 0.15) is 11.1 Å². The number of halogens is 1. The second-order valence-electron chi connectivity index (χ2n) is 2.45. The lowest BCUT2D eigenvalue weighted by Gasteiger charge is -1.95. The average molecular weight is 149 g/mol. The van der Waals surface area contributed by atoms with E-state index >= 15 is 0 Å². The monoisotopic (exact) mass is 149 g/mol. The molecule has 11 heavy (non-hydrogen) atoms. The second-order valence-corrected chi connectivity index (χ2v) is 2.45. The molecule has 0 aliphatic rings. The van der Waals surface area contributed by atoms with Gasteiger partial charge in [0.25, 0.3) is 0 Å². The molecule has 0 saturated carbocycles. The number of nitrogens with zero attached hydrogens (tertiary/aromatic N) is 1. The molecular weight excluding hydrogens is 141 g/mol. The molecule has 0 spiro atoms. The van der Waals surface area contributed by atoms with E-state index in [1.165, 1.54) is 12.1 Å². The van der Waals surface area contributed by atoms with Gasteiger partial charge in [-0.05, 0) is 30.7 Å². The Morgan fingerprint density at radius 1 is 1.45 bits per heavy atom. The van der Waals surface area contributed by atoms with E-state index in [1.54, 1.807) is 0 Å². The van der Waals surface area contributed by atoms with Gasteiger partial charge in [-0.3, -0.25) is 0 Å². The van der Waals surface area contributed by atoms with Crippen molar-refractivity contribution in [3.8, 4) is 0 Å². The van der Waals surface area contributed by atoms with Crippen molar-refractivity contribution in [2.24, 2.45) is 0 Å². The topological polar surface area (TPSA) is 4.36 Å². The molecule has 1 aromatic rings. The number of benzene rings is 1. The predicted octanol–water partition coefficient (Wildman–Crippen LogP) is 2.55. The van der Waals surface area contributed by atoms with Gasteiger partial charge in [0.1, 0.15) is 5.82 Å². The van der Waals surface area contributed by atoms with Gasteiger partial charge in [-0.25, -0.2) is 11.0 Å². The van der Waals surface area contributed by atoms with Gasteiger partial charge < -0.3 is 4.85 Å².